The van der Waals surface area contributed by atoms with Gasteiger partial charge in [0, 0.05) is 31.5 Å². The van der Waals surface area contributed by atoms with E-state index in [2.05, 4.69) is 37.8 Å². The third kappa shape index (κ3) is 22.4. The van der Waals surface area contributed by atoms with Crippen molar-refractivity contribution in [2.24, 2.45) is 17.6 Å². The van der Waals surface area contributed by atoms with E-state index in [9.17, 15) is 51.6 Å². The molecule has 0 saturated carbocycles. The van der Waals surface area contributed by atoms with Crippen molar-refractivity contribution in [2.45, 2.75) is 114 Å². The molecule has 1 fully saturated rings. The van der Waals surface area contributed by atoms with Crippen LogP contribution in [0.1, 0.15) is 88.2 Å². The van der Waals surface area contributed by atoms with Crippen LogP contribution in [0.5, 0.6) is 0 Å². The molecule has 8 N–H and O–H groups in total. The first kappa shape index (κ1) is 64.0. The first-order valence-electron chi connectivity index (χ1n) is 26.1. The minimum atomic E-state index is -4.84. The number of amides is 7. The van der Waals surface area contributed by atoms with Crippen LogP contribution in [0.4, 0.5) is 0 Å². The summed E-state index contributed by atoms with van der Waals surface area (Å²) in [5, 5.41) is 15.9. The molecule has 1 heterocycles. The molecular formula is C56H74N8O14S. The Labute approximate surface area is 461 Å². The monoisotopic (exact) mass is 1110 g/mol. The molecule has 0 radical (unpaired) electrons. The molecule has 23 heteroatoms. The van der Waals surface area contributed by atoms with Crippen LogP contribution in [-0.2, 0) is 75.0 Å². The SMILES string of the molecule is C#CCNC(=O)c1cccc(S(=O)(=O)OCC(C)(OC(=O)CCC(=O)NCC(N)=O)C(=O)[C@H](CC(C)C)NC(=O)[C@H](Cc2ccccc2)NC(=O)[C@H](CC(C)C)NC(=O)[C@H](CCc2ccccc2)NC(=O)CN2CCOCC2)c1. The quantitative estimate of drug-likeness (QED) is 0.0263. The van der Waals surface area contributed by atoms with Crippen molar-refractivity contribution in [1.82, 2.24) is 36.8 Å². The number of benzene rings is 3. The standard InChI is InChI=1S/C56H74N8O14S/c1-7-25-58-52(70)41-19-14-20-42(33-41)79(74,75)77-36-56(6,78-50(68)24-23-48(66)59-34-47(57)65)51(69)44(30-37(2)3)61-55(73)46(32-40-17-12-9-13-18-40)63-54(72)45(31-38(4)5)62-53(71)43(22-21-39-15-10-8-11-16-39)60-49(67)35-64-26-28-76-29-27-64/h1,8-20,33,37-38,43-46H,21-32,34-36H2,2-6H3,(H2,57,65)(H,58,70)(H,59,66)(H,60,67)(H,61,73)(H,62,71)(H,63,72)/t43-,44-,45-,46-,56?/m0/s1. The number of esters is 1. The fourth-order valence-electron chi connectivity index (χ4n) is 8.30. The van der Waals surface area contributed by atoms with E-state index < -0.39 is 118 Å². The predicted molar refractivity (Wildman–Crippen MR) is 290 cm³/mol. The molecule has 4 rings (SSSR count). The zero-order valence-electron chi connectivity index (χ0n) is 45.4. The van der Waals surface area contributed by atoms with Gasteiger partial charge in [-0.15, -0.1) is 6.42 Å². The number of carbonyl (C=O) groups excluding carboxylic acids is 9. The van der Waals surface area contributed by atoms with E-state index in [0.29, 0.717) is 38.3 Å². The zero-order valence-corrected chi connectivity index (χ0v) is 46.2. The van der Waals surface area contributed by atoms with Gasteiger partial charge in [-0.2, -0.15) is 8.42 Å². The Balaban J connectivity index is 1.66. The first-order chi connectivity index (χ1) is 37.5. The summed E-state index contributed by atoms with van der Waals surface area (Å²) < 4.78 is 44.0. The van der Waals surface area contributed by atoms with Crippen LogP contribution in [-0.4, -0.2) is 149 Å². The molecule has 1 aliphatic heterocycles. The van der Waals surface area contributed by atoms with Crippen LogP contribution in [0.15, 0.2) is 89.8 Å². The molecule has 428 valence electrons. The van der Waals surface area contributed by atoms with Crippen molar-refractivity contribution >= 4 is 63.2 Å². The van der Waals surface area contributed by atoms with Gasteiger partial charge in [0.1, 0.15) is 24.7 Å². The Morgan fingerprint density at radius 3 is 1.92 bits per heavy atom. The highest BCUT2D eigenvalue weighted by Crippen LogP contribution is 2.24. The fourth-order valence-corrected chi connectivity index (χ4v) is 9.34. The normalized spacial score (nSPS) is 14.9. The second-order valence-electron chi connectivity index (χ2n) is 20.1. The summed E-state index contributed by atoms with van der Waals surface area (Å²) in [7, 11) is -4.84. The number of nitrogens with two attached hydrogens (primary N) is 1. The Hall–Kier alpha value is -7.52. The minimum absolute atomic E-state index is 0.0292. The molecule has 79 heavy (non-hydrogen) atoms. The number of aryl methyl sites for hydroxylation is 1. The number of ether oxygens (including phenoxy) is 2. The van der Waals surface area contributed by atoms with Crippen LogP contribution >= 0.6 is 0 Å². The molecule has 3 aromatic rings. The van der Waals surface area contributed by atoms with Crippen molar-refractivity contribution in [1.29, 1.82) is 0 Å². The third-order valence-electron chi connectivity index (χ3n) is 12.4. The maximum Gasteiger partial charge on any atom is 0.307 e. The number of hydrogen-bond acceptors (Lipinski definition) is 15. The van der Waals surface area contributed by atoms with Crippen LogP contribution in [0.3, 0.4) is 0 Å². The van der Waals surface area contributed by atoms with E-state index in [1.54, 1.807) is 44.2 Å². The van der Waals surface area contributed by atoms with Crippen molar-refractivity contribution in [3.8, 4) is 12.3 Å². The zero-order chi connectivity index (χ0) is 58.1. The van der Waals surface area contributed by atoms with Gasteiger partial charge in [-0.1, -0.05) is 100 Å². The molecule has 0 aliphatic carbocycles. The van der Waals surface area contributed by atoms with Gasteiger partial charge in [-0.25, -0.2) is 0 Å². The average molecular weight is 1120 g/mol. The largest absolute Gasteiger partial charge is 0.449 e. The lowest BCUT2D eigenvalue weighted by molar-refractivity contribution is -0.170. The maximum atomic E-state index is 15.0. The second-order valence-corrected chi connectivity index (χ2v) is 21.7. The molecule has 0 bridgehead atoms. The van der Waals surface area contributed by atoms with Gasteiger partial charge in [0.25, 0.3) is 16.0 Å². The van der Waals surface area contributed by atoms with Gasteiger partial charge < -0.3 is 47.1 Å². The maximum absolute atomic E-state index is 15.0. The number of nitrogens with one attached hydrogen (secondary N) is 6. The number of primary amides is 1. The Morgan fingerprint density at radius 2 is 1.30 bits per heavy atom. The lowest BCUT2D eigenvalue weighted by atomic mass is 9.89. The summed E-state index contributed by atoms with van der Waals surface area (Å²) >= 11 is 0. The lowest BCUT2D eigenvalue weighted by Gasteiger charge is -2.33. The van der Waals surface area contributed by atoms with E-state index in [0.717, 1.165) is 24.6 Å². The molecule has 5 atom stereocenters. The second kappa shape index (κ2) is 31.8. The number of rotatable bonds is 32. The Bertz CT molecular complexity index is 2730. The number of morpholine rings is 1. The Morgan fingerprint density at radius 1 is 0.722 bits per heavy atom. The van der Waals surface area contributed by atoms with Crippen LogP contribution in [0.2, 0.25) is 0 Å². The molecule has 1 saturated heterocycles. The summed E-state index contributed by atoms with van der Waals surface area (Å²) in [6.07, 6.45) is 4.54. The summed E-state index contributed by atoms with van der Waals surface area (Å²) in [6, 6.07) is 17.5. The van der Waals surface area contributed by atoms with Crippen LogP contribution in [0.25, 0.3) is 0 Å². The third-order valence-corrected chi connectivity index (χ3v) is 13.6. The summed E-state index contributed by atoms with van der Waals surface area (Å²) in [5.41, 5.74) is 4.02. The molecule has 0 spiro atoms. The van der Waals surface area contributed by atoms with Crippen LogP contribution in [0, 0.1) is 24.2 Å². The van der Waals surface area contributed by atoms with Gasteiger partial charge in [-0.3, -0.25) is 52.2 Å². The summed E-state index contributed by atoms with van der Waals surface area (Å²) in [5.74, 6) is -5.43. The van der Waals surface area contributed by atoms with Gasteiger partial charge in [-0.05, 0) is 73.8 Å². The molecule has 7 amide bonds. The number of carbonyl (C=O) groups is 9. The molecule has 1 aliphatic rings. The smallest absolute Gasteiger partial charge is 0.307 e. The number of hydrogen-bond donors (Lipinski definition) is 7. The number of ketones is 1. The number of terminal acetylenes is 1. The lowest BCUT2D eigenvalue weighted by Crippen LogP contribution is -2.60. The highest BCUT2D eigenvalue weighted by Gasteiger charge is 2.45. The predicted octanol–water partition coefficient (Wildman–Crippen LogP) is 1.25. The highest BCUT2D eigenvalue weighted by molar-refractivity contribution is 7.86. The molecule has 22 nitrogen and oxygen atoms in total. The van der Waals surface area contributed by atoms with Crippen molar-refractivity contribution in [3.63, 3.8) is 0 Å². The van der Waals surface area contributed by atoms with Crippen molar-refractivity contribution in [3.05, 3.63) is 102 Å². The Kier molecular flexibility index (Phi) is 25.7. The highest BCUT2D eigenvalue weighted by atomic mass is 32.2. The fraction of sp³-hybridized carbons (Fsp3) is 0.482. The van der Waals surface area contributed by atoms with Gasteiger partial charge in [0.15, 0.2) is 5.60 Å². The van der Waals surface area contributed by atoms with E-state index in [1.165, 1.54) is 12.1 Å². The van der Waals surface area contributed by atoms with Gasteiger partial charge >= 0.3 is 5.97 Å². The van der Waals surface area contributed by atoms with E-state index in [4.69, 9.17) is 25.8 Å². The first-order valence-corrected chi connectivity index (χ1v) is 27.5. The minimum Gasteiger partial charge on any atom is -0.449 e. The number of nitrogens with zero attached hydrogens (tertiary/aromatic N) is 1. The topological polar surface area (TPSA) is 317 Å². The summed E-state index contributed by atoms with van der Waals surface area (Å²) in [4.78, 5) is 123. The number of Topliss-reactive ketones (excluding diaryl/α,β-unsaturated/α-hetero) is 1. The summed E-state index contributed by atoms with van der Waals surface area (Å²) in [6.45, 7) is 8.42. The van der Waals surface area contributed by atoms with Crippen molar-refractivity contribution in [2.75, 3.05) is 52.5 Å². The average Bonchev–Trinajstić information content (AvgIpc) is 3.41. The van der Waals surface area contributed by atoms with E-state index >= 15 is 0 Å². The molecule has 3 aromatic carbocycles. The molecule has 0 aromatic heterocycles. The molecular weight excluding hydrogens is 1040 g/mol. The van der Waals surface area contributed by atoms with E-state index in [1.807, 2.05) is 49.1 Å². The van der Waals surface area contributed by atoms with Crippen LogP contribution < -0.4 is 37.6 Å². The van der Waals surface area contributed by atoms with Crippen molar-refractivity contribution < 1.29 is 65.2 Å². The molecule has 1 unspecified atom stereocenters. The van der Waals surface area contributed by atoms with E-state index in [-0.39, 0.29) is 62.1 Å². The van der Waals surface area contributed by atoms with Gasteiger partial charge in [0.05, 0.1) is 50.2 Å². The van der Waals surface area contributed by atoms with Gasteiger partial charge in [0.2, 0.25) is 41.2 Å².